The maximum absolute atomic E-state index is 5.87. The van der Waals surface area contributed by atoms with E-state index in [0.29, 0.717) is 6.61 Å². The van der Waals surface area contributed by atoms with E-state index in [-0.39, 0.29) is 0 Å². The highest BCUT2D eigenvalue weighted by molar-refractivity contribution is 6.31. The molecule has 0 fully saturated rings. The molecule has 0 heterocycles. The third kappa shape index (κ3) is 1.87. The fourth-order valence-electron chi connectivity index (χ4n) is 0.900. The lowest BCUT2D eigenvalue weighted by molar-refractivity contribution is 0.338. The van der Waals surface area contributed by atoms with Gasteiger partial charge < -0.3 is 4.74 Å². The second kappa shape index (κ2) is 3.63. The van der Waals surface area contributed by atoms with Gasteiger partial charge in [0, 0.05) is 10.6 Å². The maximum atomic E-state index is 5.87. The SMILES string of the molecule is CCOc1cccc(Cl)c1C. The lowest BCUT2D eigenvalue weighted by Gasteiger charge is -2.06. The number of halogens is 1. The van der Waals surface area contributed by atoms with Crippen molar-refractivity contribution in [1.82, 2.24) is 0 Å². The van der Waals surface area contributed by atoms with Gasteiger partial charge in [0.15, 0.2) is 0 Å². The Morgan fingerprint density at radius 3 is 2.82 bits per heavy atom. The van der Waals surface area contributed by atoms with E-state index >= 15 is 0 Å². The van der Waals surface area contributed by atoms with Crippen molar-refractivity contribution in [3.63, 3.8) is 0 Å². The Bertz CT molecular complexity index is 245. The summed E-state index contributed by atoms with van der Waals surface area (Å²) in [6.07, 6.45) is 0. The molecule has 1 nitrogen and oxygen atoms in total. The Hall–Kier alpha value is -0.690. The summed E-state index contributed by atoms with van der Waals surface area (Å²) >= 11 is 5.87. The van der Waals surface area contributed by atoms with Crippen LogP contribution in [0.25, 0.3) is 0 Å². The smallest absolute Gasteiger partial charge is 0.123 e. The molecule has 0 aliphatic carbocycles. The van der Waals surface area contributed by atoms with E-state index in [4.69, 9.17) is 16.3 Å². The molecule has 1 aromatic carbocycles. The van der Waals surface area contributed by atoms with Crippen LogP contribution in [0.1, 0.15) is 12.5 Å². The van der Waals surface area contributed by atoms with Crippen molar-refractivity contribution in [2.75, 3.05) is 6.61 Å². The van der Waals surface area contributed by atoms with Crippen molar-refractivity contribution in [3.8, 4) is 5.75 Å². The monoisotopic (exact) mass is 170 g/mol. The summed E-state index contributed by atoms with van der Waals surface area (Å²) in [6, 6.07) is 5.67. The zero-order valence-corrected chi connectivity index (χ0v) is 7.48. The molecule has 0 aliphatic heterocycles. The van der Waals surface area contributed by atoms with E-state index in [9.17, 15) is 0 Å². The molecule has 0 N–H and O–H groups in total. The molecular weight excluding hydrogens is 160 g/mol. The van der Waals surface area contributed by atoms with E-state index in [1.54, 1.807) is 0 Å². The van der Waals surface area contributed by atoms with Gasteiger partial charge in [0.25, 0.3) is 0 Å². The van der Waals surface area contributed by atoms with Crippen LogP contribution >= 0.6 is 11.6 Å². The van der Waals surface area contributed by atoms with Crippen LogP contribution in [0.15, 0.2) is 18.2 Å². The zero-order chi connectivity index (χ0) is 8.27. The van der Waals surface area contributed by atoms with E-state index in [2.05, 4.69) is 0 Å². The highest BCUT2D eigenvalue weighted by atomic mass is 35.5. The number of hydrogen-bond acceptors (Lipinski definition) is 1. The Kier molecular flexibility index (Phi) is 2.77. The van der Waals surface area contributed by atoms with Crippen LogP contribution in [-0.2, 0) is 0 Å². The number of hydrogen-bond donors (Lipinski definition) is 0. The third-order valence-corrected chi connectivity index (χ3v) is 1.93. The normalized spacial score (nSPS) is 9.73. The minimum atomic E-state index is 0.682. The highest BCUT2D eigenvalue weighted by Crippen LogP contribution is 2.24. The van der Waals surface area contributed by atoms with Gasteiger partial charge in [-0.25, -0.2) is 0 Å². The molecule has 0 saturated carbocycles. The molecule has 1 rings (SSSR count). The fraction of sp³-hybridized carbons (Fsp3) is 0.333. The number of ether oxygens (including phenoxy) is 1. The lowest BCUT2D eigenvalue weighted by Crippen LogP contribution is -1.93. The molecule has 0 unspecified atom stereocenters. The van der Waals surface area contributed by atoms with Crippen LogP contribution in [0, 0.1) is 6.92 Å². The average Bonchev–Trinajstić information content (AvgIpc) is 1.99. The highest BCUT2D eigenvalue weighted by Gasteiger charge is 2.00. The molecule has 0 aliphatic rings. The average molecular weight is 171 g/mol. The van der Waals surface area contributed by atoms with Gasteiger partial charge >= 0.3 is 0 Å². The van der Waals surface area contributed by atoms with E-state index in [0.717, 1.165) is 16.3 Å². The van der Waals surface area contributed by atoms with Gasteiger partial charge in [-0.2, -0.15) is 0 Å². The first-order valence-electron chi connectivity index (χ1n) is 3.63. The predicted octanol–water partition coefficient (Wildman–Crippen LogP) is 3.05. The molecule has 1 aromatic rings. The second-order valence-electron chi connectivity index (χ2n) is 2.30. The topological polar surface area (TPSA) is 9.23 Å². The van der Waals surface area contributed by atoms with Gasteiger partial charge in [-0.3, -0.25) is 0 Å². The summed E-state index contributed by atoms with van der Waals surface area (Å²) in [5.74, 6) is 0.875. The lowest BCUT2D eigenvalue weighted by atomic mass is 10.2. The quantitative estimate of drug-likeness (QED) is 0.663. The molecular formula is C9H11ClO. The van der Waals surface area contributed by atoms with Crippen LogP contribution < -0.4 is 4.74 Å². The molecule has 0 amide bonds. The van der Waals surface area contributed by atoms with Crippen LogP contribution in [0.5, 0.6) is 5.75 Å². The first-order chi connectivity index (χ1) is 5.25. The van der Waals surface area contributed by atoms with Gasteiger partial charge in [0.1, 0.15) is 5.75 Å². The van der Waals surface area contributed by atoms with Crippen LogP contribution in [0.4, 0.5) is 0 Å². The predicted molar refractivity (Wildman–Crippen MR) is 47.4 cm³/mol. The van der Waals surface area contributed by atoms with Gasteiger partial charge in [-0.15, -0.1) is 0 Å². The first-order valence-corrected chi connectivity index (χ1v) is 4.01. The van der Waals surface area contributed by atoms with E-state index in [1.807, 2.05) is 32.0 Å². The zero-order valence-electron chi connectivity index (χ0n) is 6.73. The van der Waals surface area contributed by atoms with Crippen molar-refractivity contribution in [3.05, 3.63) is 28.8 Å². The molecule has 0 saturated heterocycles. The number of benzene rings is 1. The Morgan fingerprint density at radius 2 is 2.18 bits per heavy atom. The van der Waals surface area contributed by atoms with Crippen molar-refractivity contribution in [2.45, 2.75) is 13.8 Å². The van der Waals surface area contributed by atoms with Crippen molar-refractivity contribution < 1.29 is 4.74 Å². The molecule has 2 heteroatoms. The molecule has 0 bridgehead atoms. The van der Waals surface area contributed by atoms with Crippen LogP contribution in [-0.4, -0.2) is 6.61 Å². The Labute approximate surface area is 71.9 Å². The molecule has 0 aromatic heterocycles. The summed E-state index contributed by atoms with van der Waals surface area (Å²) in [6.45, 7) is 4.59. The molecule has 0 spiro atoms. The first kappa shape index (κ1) is 8.41. The second-order valence-corrected chi connectivity index (χ2v) is 2.70. The number of rotatable bonds is 2. The summed E-state index contributed by atoms with van der Waals surface area (Å²) in [5, 5.41) is 0.760. The molecule has 60 valence electrons. The largest absolute Gasteiger partial charge is 0.494 e. The van der Waals surface area contributed by atoms with E-state index < -0.39 is 0 Å². The van der Waals surface area contributed by atoms with Gasteiger partial charge in [0.2, 0.25) is 0 Å². The van der Waals surface area contributed by atoms with Crippen LogP contribution in [0.2, 0.25) is 5.02 Å². The Morgan fingerprint density at radius 1 is 1.45 bits per heavy atom. The van der Waals surface area contributed by atoms with Gasteiger partial charge in [0.05, 0.1) is 6.61 Å². The summed E-state index contributed by atoms with van der Waals surface area (Å²) in [4.78, 5) is 0. The Balaban J connectivity index is 2.96. The summed E-state index contributed by atoms with van der Waals surface area (Å²) < 4.78 is 5.33. The molecule has 0 radical (unpaired) electrons. The summed E-state index contributed by atoms with van der Waals surface area (Å²) in [7, 11) is 0. The van der Waals surface area contributed by atoms with Crippen LogP contribution in [0.3, 0.4) is 0 Å². The van der Waals surface area contributed by atoms with Crippen molar-refractivity contribution in [1.29, 1.82) is 0 Å². The fourth-order valence-corrected chi connectivity index (χ4v) is 1.07. The summed E-state index contributed by atoms with van der Waals surface area (Å²) in [5.41, 5.74) is 1.01. The van der Waals surface area contributed by atoms with Gasteiger partial charge in [-0.05, 0) is 26.0 Å². The molecule has 0 atom stereocenters. The standard InChI is InChI=1S/C9H11ClO/c1-3-11-9-6-4-5-8(10)7(9)2/h4-6H,3H2,1-2H3. The maximum Gasteiger partial charge on any atom is 0.123 e. The van der Waals surface area contributed by atoms with Crippen molar-refractivity contribution >= 4 is 11.6 Å². The minimum Gasteiger partial charge on any atom is -0.494 e. The molecule has 11 heavy (non-hydrogen) atoms. The van der Waals surface area contributed by atoms with Crippen molar-refractivity contribution in [2.24, 2.45) is 0 Å². The van der Waals surface area contributed by atoms with Gasteiger partial charge in [-0.1, -0.05) is 17.7 Å². The third-order valence-electron chi connectivity index (χ3n) is 1.52. The van der Waals surface area contributed by atoms with E-state index in [1.165, 1.54) is 0 Å². The minimum absolute atomic E-state index is 0.682.